The quantitative estimate of drug-likeness (QED) is 0.413. The van der Waals surface area contributed by atoms with E-state index < -0.39 is 6.16 Å². The second-order valence-electron chi connectivity index (χ2n) is 1.49. The fourth-order valence-corrected chi connectivity index (χ4v) is 0.418. The van der Waals surface area contributed by atoms with Crippen LogP contribution in [0.25, 0.3) is 0 Å². The van der Waals surface area contributed by atoms with Gasteiger partial charge in [-0.3, -0.25) is 0 Å². The Labute approximate surface area is 46.7 Å². The van der Waals surface area contributed by atoms with Crippen molar-refractivity contribution in [3.63, 3.8) is 0 Å². The van der Waals surface area contributed by atoms with Gasteiger partial charge in [-0.2, -0.15) is 0 Å². The highest BCUT2D eigenvalue weighted by Gasteiger charge is 2.19. The van der Waals surface area contributed by atoms with Crippen molar-refractivity contribution in [2.24, 2.45) is 0 Å². The number of hydrogen-bond acceptors (Lipinski definition) is 3. The van der Waals surface area contributed by atoms with Gasteiger partial charge in [0, 0.05) is 0 Å². The standard InChI is InChI=1S/C4H6O3.H2O/c1-3-2-6-4(5)7-3;/h3H,2H2,1H3;1H2. The molecule has 1 atom stereocenters. The molecule has 1 unspecified atom stereocenters. The van der Waals surface area contributed by atoms with Gasteiger partial charge < -0.3 is 14.9 Å². The highest BCUT2D eigenvalue weighted by molar-refractivity contribution is 5.61. The molecule has 1 heterocycles. The van der Waals surface area contributed by atoms with Gasteiger partial charge in [-0.05, 0) is 6.92 Å². The minimum atomic E-state index is -0.549. The molecule has 2 N–H and O–H groups in total. The van der Waals surface area contributed by atoms with Crippen LogP contribution in [0.15, 0.2) is 0 Å². The lowest BCUT2D eigenvalue weighted by Crippen LogP contribution is -2.01. The molecule has 0 bridgehead atoms. The third-order valence-electron chi connectivity index (χ3n) is 0.733. The van der Waals surface area contributed by atoms with Crippen molar-refractivity contribution in [2.75, 3.05) is 6.61 Å². The van der Waals surface area contributed by atoms with Crippen molar-refractivity contribution in [3.8, 4) is 0 Å². The van der Waals surface area contributed by atoms with Crippen molar-refractivity contribution in [1.29, 1.82) is 0 Å². The Morgan fingerprint density at radius 3 is 2.50 bits per heavy atom. The molecule has 0 aromatic carbocycles. The first-order chi connectivity index (χ1) is 3.29. The van der Waals surface area contributed by atoms with E-state index in [0.717, 1.165) is 0 Å². The van der Waals surface area contributed by atoms with E-state index in [2.05, 4.69) is 9.47 Å². The molecule has 4 nitrogen and oxygen atoms in total. The number of carbonyl (C=O) groups excluding carboxylic acids is 1. The fraction of sp³-hybridized carbons (Fsp3) is 0.750. The summed E-state index contributed by atoms with van der Waals surface area (Å²) in [5.74, 6) is 0. The van der Waals surface area contributed by atoms with E-state index in [1.807, 2.05) is 0 Å². The Hall–Kier alpha value is -0.770. The number of ether oxygens (including phenoxy) is 2. The Balaban J connectivity index is 0.000000490. The second-order valence-corrected chi connectivity index (χ2v) is 1.49. The molecular weight excluding hydrogens is 112 g/mol. The second kappa shape index (κ2) is 2.52. The van der Waals surface area contributed by atoms with Crippen LogP contribution in [-0.4, -0.2) is 24.3 Å². The van der Waals surface area contributed by atoms with Crippen LogP contribution in [0.1, 0.15) is 6.92 Å². The van der Waals surface area contributed by atoms with Gasteiger partial charge in [0.1, 0.15) is 12.7 Å². The summed E-state index contributed by atoms with van der Waals surface area (Å²) in [7, 11) is 0. The summed E-state index contributed by atoms with van der Waals surface area (Å²) in [6.45, 7) is 2.18. The Morgan fingerprint density at radius 2 is 2.38 bits per heavy atom. The molecule has 0 aliphatic carbocycles. The lowest BCUT2D eigenvalue weighted by atomic mass is 10.5. The molecule has 0 amide bonds. The number of hydrogen-bond donors (Lipinski definition) is 0. The summed E-state index contributed by atoms with van der Waals surface area (Å²) in [6.07, 6.45) is -0.597. The summed E-state index contributed by atoms with van der Waals surface area (Å²) in [5, 5.41) is 0. The molecule has 1 fully saturated rings. The van der Waals surface area contributed by atoms with Gasteiger partial charge in [-0.25, -0.2) is 4.79 Å². The summed E-state index contributed by atoms with van der Waals surface area (Å²) in [5.41, 5.74) is 0. The lowest BCUT2D eigenvalue weighted by molar-refractivity contribution is 0.121. The fourth-order valence-electron chi connectivity index (χ4n) is 0.418. The predicted octanol–water partition coefficient (Wildman–Crippen LogP) is -0.283. The molecule has 0 aromatic heterocycles. The summed E-state index contributed by atoms with van der Waals surface area (Å²) < 4.78 is 8.90. The van der Waals surface area contributed by atoms with E-state index in [-0.39, 0.29) is 11.6 Å². The first kappa shape index (κ1) is 7.23. The van der Waals surface area contributed by atoms with Crippen LogP contribution in [0.2, 0.25) is 0 Å². The molecule has 0 spiro atoms. The maximum atomic E-state index is 10.0. The minimum Gasteiger partial charge on any atom is -0.430 e. The molecule has 0 saturated carbocycles. The van der Waals surface area contributed by atoms with Gasteiger partial charge >= 0.3 is 6.16 Å². The largest absolute Gasteiger partial charge is 0.508 e. The van der Waals surface area contributed by atoms with Gasteiger partial charge in [0.25, 0.3) is 0 Å². The van der Waals surface area contributed by atoms with Crippen LogP contribution in [0.4, 0.5) is 4.79 Å². The molecule has 4 heteroatoms. The summed E-state index contributed by atoms with van der Waals surface area (Å²) in [4.78, 5) is 10.0. The van der Waals surface area contributed by atoms with E-state index in [1.54, 1.807) is 6.92 Å². The first-order valence-electron chi connectivity index (χ1n) is 2.12. The summed E-state index contributed by atoms with van der Waals surface area (Å²) in [6, 6.07) is 0. The molecule has 1 aliphatic heterocycles. The molecule has 1 aliphatic rings. The van der Waals surface area contributed by atoms with Gasteiger partial charge in [0.05, 0.1) is 0 Å². The van der Waals surface area contributed by atoms with Gasteiger partial charge in [-0.15, -0.1) is 0 Å². The third kappa shape index (κ3) is 1.38. The highest BCUT2D eigenvalue weighted by atomic mass is 16.8. The van der Waals surface area contributed by atoms with Crippen molar-refractivity contribution in [3.05, 3.63) is 0 Å². The molecule has 1 saturated heterocycles. The Bertz CT molecular complexity index is 90.0. The van der Waals surface area contributed by atoms with Crippen LogP contribution in [0.3, 0.4) is 0 Å². The zero-order valence-electron chi connectivity index (χ0n) is 4.51. The number of rotatable bonds is 0. The lowest BCUT2D eigenvalue weighted by Gasteiger charge is -1.90. The topological polar surface area (TPSA) is 67.0 Å². The SMILES string of the molecule is CC1COC(=O)O1.O. The zero-order chi connectivity index (χ0) is 5.28. The van der Waals surface area contributed by atoms with E-state index in [9.17, 15) is 4.79 Å². The Kier molecular flexibility index (Phi) is 2.27. The maximum absolute atomic E-state index is 10.0. The monoisotopic (exact) mass is 120 g/mol. The van der Waals surface area contributed by atoms with Crippen LogP contribution in [0.5, 0.6) is 0 Å². The van der Waals surface area contributed by atoms with Crippen LogP contribution >= 0.6 is 0 Å². The highest BCUT2D eigenvalue weighted by Crippen LogP contribution is 2.02. The maximum Gasteiger partial charge on any atom is 0.508 e. The van der Waals surface area contributed by atoms with E-state index in [0.29, 0.717) is 6.61 Å². The zero-order valence-corrected chi connectivity index (χ0v) is 4.51. The van der Waals surface area contributed by atoms with E-state index >= 15 is 0 Å². The van der Waals surface area contributed by atoms with E-state index in [4.69, 9.17) is 0 Å². The summed E-state index contributed by atoms with van der Waals surface area (Å²) >= 11 is 0. The smallest absolute Gasteiger partial charge is 0.430 e. The van der Waals surface area contributed by atoms with Crippen LogP contribution in [0, 0.1) is 0 Å². The average molecular weight is 120 g/mol. The van der Waals surface area contributed by atoms with Crippen molar-refractivity contribution in [1.82, 2.24) is 0 Å². The molecule has 0 aromatic rings. The van der Waals surface area contributed by atoms with Gasteiger partial charge in [-0.1, -0.05) is 0 Å². The molecule has 1 rings (SSSR count). The molecular formula is C4H8O4. The molecule has 8 heavy (non-hydrogen) atoms. The van der Waals surface area contributed by atoms with Crippen molar-refractivity contribution < 1.29 is 19.7 Å². The molecule has 0 radical (unpaired) electrons. The third-order valence-corrected chi connectivity index (χ3v) is 0.733. The van der Waals surface area contributed by atoms with Crippen molar-refractivity contribution in [2.45, 2.75) is 13.0 Å². The van der Waals surface area contributed by atoms with Gasteiger partial charge in [0.2, 0.25) is 0 Å². The van der Waals surface area contributed by atoms with E-state index in [1.165, 1.54) is 0 Å². The normalized spacial score (nSPS) is 25.6. The minimum absolute atomic E-state index is 0. The van der Waals surface area contributed by atoms with Crippen molar-refractivity contribution >= 4 is 6.16 Å². The van der Waals surface area contributed by atoms with Gasteiger partial charge in [0.15, 0.2) is 0 Å². The number of carbonyl (C=O) groups is 1. The molecule has 48 valence electrons. The van der Waals surface area contributed by atoms with Crippen LogP contribution < -0.4 is 0 Å². The predicted molar refractivity (Wildman–Crippen MR) is 25.5 cm³/mol. The Morgan fingerprint density at radius 1 is 1.75 bits per heavy atom. The average Bonchev–Trinajstić information content (AvgIpc) is 1.87. The van der Waals surface area contributed by atoms with Crippen LogP contribution in [-0.2, 0) is 9.47 Å². The number of cyclic esters (lactones) is 2. The first-order valence-corrected chi connectivity index (χ1v) is 2.12.